The summed E-state index contributed by atoms with van der Waals surface area (Å²) in [6, 6.07) is 7.07. The SMILES string of the molecule is CCOC(=O)C1CCCCN1Cc1cccc(C(N)=O)c1. The summed E-state index contributed by atoms with van der Waals surface area (Å²) in [6.07, 6.45) is 2.95. The molecular weight excluding hydrogens is 268 g/mol. The fourth-order valence-corrected chi connectivity index (χ4v) is 2.74. The largest absolute Gasteiger partial charge is 0.465 e. The highest BCUT2D eigenvalue weighted by atomic mass is 16.5. The predicted octanol–water partition coefficient (Wildman–Crippen LogP) is 1.70. The molecule has 0 aliphatic carbocycles. The molecule has 1 heterocycles. The highest BCUT2D eigenvalue weighted by molar-refractivity contribution is 5.92. The quantitative estimate of drug-likeness (QED) is 0.838. The van der Waals surface area contributed by atoms with Gasteiger partial charge in [0.25, 0.3) is 0 Å². The number of nitrogens with zero attached hydrogens (tertiary/aromatic N) is 1. The van der Waals surface area contributed by atoms with Crippen LogP contribution < -0.4 is 5.73 Å². The Kier molecular flexibility index (Phi) is 5.33. The maximum absolute atomic E-state index is 12.0. The van der Waals surface area contributed by atoms with Crippen LogP contribution in [0.4, 0.5) is 0 Å². The van der Waals surface area contributed by atoms with E-state index < -0.39 is 5.91 Å². The molecule has 1 atom stereocenters. The van der Waals surface area contributed by atoms with Crippen LogP contribution in [0.15, 0.2) is 24.3 Å². The van der Waals surface area contributed by atoms with Gasteiger partial charge in [-0.3, -0.25) is 14.5 Å². The average molecular weight is 290 g/mol. The van der Waals surface area contributed by atoms with E-state index in [0.717, 1.165) is 31.4 Å². The van der Waals surface area contributed by atoms with E-state index >= 15 is 0 Å². The topological polar surface area (TPSA) is 72.6 Å². The molecule has 1 amide bonds. The number of carbonyl (C=O) groups is 2. The Morgan fingerprint density at radius 3 is 2.90 bits per heavy atom. The predicted molar refractivity (Wildman–Crippen MR) is 79.6 cm³/mol. The fraction of sp³-hybridized carbons (Fsp3) is 0.500. The summed E-state index contributed by atoms with van der Waals surface area (Å²) in [5.74, 6) is -0.583. The molecule has 2 N–H and O–H groups in total. The second kappa shape index (κ2) is 7.22. The summed E-state index contributed by atoms with van der Waals surface area (Å²) >= 11 is 0. The molecule has 1 aromatic carbocycles. The Labute approximate surface area is 125 Å². The number of esters is 1. The third-order valence-corrected chi connectivity index (χ3v) is 3.77. The normalized spacial score (nSPS) is 19.2. The number of hydrogen-bond donors (Lipinski definition) is 1. The Morgan fingerprint density at radius 1 is 1.38 bits per heavy atom. The summed E-state index contributed by atoms with van der Waals surface area (Å²) in [6.45, 7) is 3.72. The highest BCUT2D eigenvalue weighted by Crippen LogP contribution is 2.21. The van der Waals surface area contributed by atoms with Crippen LogP contribution in [0.5, 0.6) is 0 Å². The van der Waals surface area contributed by atoms with Crippen LogP contribution in [-0.4, -0.2) is 36.0 Å². The summed E-state index contributed by atoms with van der Waals surface area (Å²) in [4.78, 5) is 25.4. The maximum Gasteiger partial charge on any atom is 0.323 e. The van der Waals surface area contributed by atoms with Gasteiger partial charge >= 0.3 is 5.97 Å². The number of piperidine rings is 1. The number of ether oxygens (including phenoxy) is 1. The van der Waals surface area contributed by atoms with Crippen molar-refractivity contribution in [3.8, 4) is 0 Å². The van der Waals surface area contributed by atoms with E-state index in [-0.39, 0.29) is 12.0 Å². The summed E-state index contributed by atoms with van der Waals surface area (Å²) in [5.41, 5.74) is 6.79. The number of rotatable bonds is 5. The minimum Gasteiger partial charge on any atom is -0.465 e. The second-order valence-corrected chi connectivity index (χ2v) is 5.30. The number of primary amides is 1. The average Bonchev–Trinajstić information content (AvgIpc) is 2.48. The van der Waals surface area contributed by atoms with Crippen LogP contribution in [0, 0.1) is 0 Å². The first kappa shape index (κ1) is 15.5. The Morgan fingerprint density at radius 2 is 2.19 bits per heavy atom. The lowest BCUT2D eigenvalue weighted by molar-refractivity contribution is -0.151. The number of benzene rings is 1. The van der Waals surface area contributed by atoms with Gasteiger partial charge in [-0.1, -0.05) is 18.6 Å². The lowest BCUT2D eigenvalue weighted by Crippen LogP contribution is -2.44. The van der Waals surface area contributed by atoms with Crippen LogP contribution in [0.3, 0.4) is 0 Å². The molecule has 1 aliphatic heterocycles. The van der Waals surface area contributed by atoms with Gasteiger partial charge in [0.2, 0.25) is 5.91 Å². The smallest absolute Gasteiger partial charge is 0.323 e. The monoisotopic (exact) mass is 290 g/mol. The van der Waals surface area contributed by atoms with E-state index in [1.54, 1.807) is 12.1 Å². The Bertz CT molecular complexity index is 516. The molecule has 1 unspecified atom stereocenters. The minimum atomic E-state index is -0.433. The zero-order valence-electron chi connectivity index (χ0n) is 12.4. The number of hydrogen-bond acceptors (Lipinski definition) is 4. The molecule has 1 fully saturated rings. The van der Waals surface area contributed by atoms with Crippen molar-refractivity contribution in [3.05, 3.63) is 35.4 Å². The molecule has 0 saturated carbocycles. The van der Waals surface area contributed by atoms with Gasteiger partial charge in [-0.05, 0) is 44.0 Å². The second-order valence-electron chi connectivity index (χ2n) is 5.30. The van der Waals surface area contributed by atoms with Crippen molar-refractivity contribution in [2.45, 2.75) is 38.8 Å². The van der Waals surface area contributed by atoms with Gasteiger partial charge < -0.3 is 10.5 Å². The van der Waals surface area contributed by atoms with E-state index in [2.05, 4.69) is 4.90 Å². The molecule has 1 aromatic rings. The molecule has 1 saturated heterocycles. The lowest BCUT2D eigenvalue weighted by Gasteiger charge is -2.34. The first-order valence-corrected chi connectivity index (χ1v) is 7.41. The van der Waals surface area contributed by atoms with Gasteiger partial charge in [-0.25, -0.2) is 0 Å². The van der Waals surface area contributed by atoms with Crippen molar-refractivity contribution in [2.75, 3.05) is 13.2 Å². The number of carbonyl (C=O) groups excluding carboxylic acids is 2. The van der Waals surface area contributed by atoms with Crippen molar-refractivity contribution in [1.29, 1.82) is 0 Å². The summed E-state index contributed by atoms with van der Waals surface area (Å²) in [5, 5.41) is 0. The van der Waals surface area contributed by atoms with E-state index in [9.17, 15) is 9.59 Å². The van der Waals surface area contributed by atoms with Crippen molar-refractivity contribution >= 4 is 11.9 Å². The first-order valence-electron chi connectivity index (χ1n) is 7.41. The maximum atomic E-state index is 12.0. The van der Waals surface area contributed by atoms with Crippen LogP contribution in [0.2, 0.25) is 0 Å². The van der Waals surface area contributed by atoms with Crippen LogP contribution in [0.25, 0.3) is 0 Å². The van der Waals surface area contributed by atoms with E-state index in [4.69, 9.17) is 10.5 Å². The molecule has 21 heavy (non-hydrogen) atoms. The zero-order valence-corrected chi connectivity index (χ0v) is 12.4. The highest BCUT2D eigenvalue weighted by Gasteiger charge is 2.29. The molecule has 5 heteroatoms. The molecule has 114 valence electrons. The molecule has 0 aromatic heterocycles. The van der Waals surface area contributed by atoms with Crippen molar-refractivity contribution in [3.63, 3.8) is 0 Å². The standard InChI is InChI=1S/C16H22N2O3/c1-2-21-16(20)14-8-3-4-9-18(14)11-12-6-5-7-13(10-12)15(17)19/h5-7,10,14H,2-4,8-9,11H2,1H3,(H2,17,19). The third kappa shape index (κ3) is 4.04. The molecule has 0 radical (unpaired) electrons. The van der Waals surface area contributed by atoms with Crippen LogP contribution in [-0.2, 0) is 16.1 Å². The van der Waals surface area contributed by atoms with E-state index in [1.807, 2.05) is 19.1 Å². The Hall–Kier alpha value is -1.88. The molecule has 1 aliphatic rings. The van der Waals surface area contributed by atoms with Crippen molar-refractivity contribution < 1.29 is 14.3 Å². The Balaban J connectivity index is 2.10. The fourth-order valence-electron chi connectivity index (χ4n) is 2.74. The van der Waals surface area contributed by atoms with Gasteiger partial charge in [0.05, 0.1) is 6.61 Å². The molecular formula is C16H22N2O3. The molecule has 5 nitrogen and oxygen atoms in total. The van der Waals surface area contributed by atoms with Gasteiger partial charge in [0.15, 0.2) is 0 Å². The minimum absolute atomic E-state index is 0.150. The van der Waals surface area contributed by atoms with Gasteiger partial charge in [-0.15, -0.1) is 0 Å². The van der Waals surface area contributed by atoms with Crippen LogP contribution >= 0.6 is 0 Å². The van der Waals surface area contributed by atoms with Crippen molar-refractivity contribution in [2.24, 2.45) is 5.73 Å². The first-order chi connectivity index (χ1) is 10.1. The number of likely N-dealkylation sites (tertiary alicyclic amines) is 1. The zero-order chi connectivity index (χ0) is 15.2. The summed E-state index contributed by atoms with van der Waals surface area (Å²) < 4.78 is 5.16. The van der Waals surface area contributed by atoms with Gasteiger partial charge in [0.1, 0.15) is 6.04 Å². The lowest BCUT2D eigenvalue weighted by atomic mass is 10.0. The molecule has 0 spiro atoms. The van der Waals surface area contributed by atoms with Crippen molar-refractivity contribution in [1.82, 2.24) is 4.90 Å². The molecule has 0 bridgehead atoms. The van der Waals surface area contributed by atoms with E-state index in [1.165, 1.54) is 0 Å². The van der Waals surface area contributed by atoms with E-state index in [0.29, 0.717) is 18.7 Å². The number of amides is 1. The van der Waals surface area contributed by atoms with Gasteiger partial charge in [0, 0.05) is 12.1 Å². The van der Waals surface area contributed by atoms with Crippen LogP contribution in [0.1, 0.15) is 42.1 Å². The van der Waals surface area contributed by atoms with Gasteiger partial charge in [-0.2, -0.15) is 0 Å². The summed E-state index contributed by atoms with van der Waals surface area (Å²) in [7, 11) is 0. The number of nitrogens with two attached hydrogens (primary N) is 1. The third-order valence-electron chi connectivity index (χ3n) is 3.77. The molecule has 2 rings (SSSR count).